The van der Waals surface area contributed by atoms with Crippen molar-refractivity contribution in [2.24, 2.45) is 14.1 Å². The first-order chi connectivity index (χ1) is 8.58. The van der Waals surface area contributed by atoms with Gasteiger partial charge in [-0.05, 0) is 36.1 Å². The summed E-state index contributed by atoms with van der Waals surface area (Å²) in [5.41, 5.74) is 5.20. The van der Waals surface area contributed by atoms with Crippen molar-refractivity contribution in [3.05, 3.63) is 60.2 Å². The average molecular weight is 240 g/mol. The maximum absolute atomic E-state index is 2.18. The second-order valence-corrected chi connectivity index (χ2v) is 4.75. The van der Waals surface area contributed by atoms with Gasteiger partial charge in [0.25, 0.3) is 0 Å². The van der Waals surface area contributed by atoms with Crippen LogP contribution in [0.2, 0.25) is 0 Å². The van der Waals surface area contributed by atoms with Gasteiger partial charge < -0.3 is 0 Å². The molecule has 2 heterocycles. The van der Waals surface area contributed by atoms with E-state index in [0.717, 1.165) is 0 Å². The summed E-state index contributed by atoms with van der Waals surface area (Å²) < 4.78 is 4.10. The number of aromatic nitrogens is 2. The molecule has 2 nitrogen and oxygen atoms in total. The van der Waals surface area contributed by atoms with E-state index in [1.54, 1.807) is 0 Å². The molecule has 0 aliphatic carbocycles. The SMILES string of the molecule is C/C(=C(/C)c1cc[n+](C)cc1)c1cc[n+](C)cc1. The van der Waals surface area contributed by atoms with E-state index < -0.39 is 0 Å². The van der Waals surface area contributed by atoms with E-state index in [1.807, 2.05) is 14.1 Å². The first-order valence-electron chi connectivity index (χ1n) is 6.17. The van der Waals surface area contributed by atoms with Crippen molar-refractivity contribution < 1.29 is 9.13 Å². The van der Waals surface area contributed by atoms with E-state index in [2.05, 4.69) is 72.0 Å². The molecule has 0 bridgehead atoms. The molecule has 0 unspecified atom stereocenters. The minimum absolute atomic E-state index is 1.28. The second kappa shape index (κ2) is 5.13. The maximum Gasteiger partial charge on any atom is 0.169 e. The zero-order valence-corrected chi connectivity index (χ0v) is 11.5. The molecule has 18 heavy (non-hydrogen) atoms. The number of hydrogen-bond acceptors (Lipinski definition) is 0. The van der Waals surface area contributed by atoms with Gasteiger partial charge in [0.1, 0.15) is 14.1 Å². The van der Waals surface area contributed by atoms with Crippen LogP contribution in [0.4, 0.5) is 0 Å². The van der Waals surface area contributed by atoms with Crippen LogP contribution in [0, 0.1) is 0 Å². The van der Waals surface area contributed by atoms with Crippen molar-refractivity contribution in [3.63, 3.8) is 0 Å². The molecule has 0 radical (unpaired) electrons. The number of hydrogen-bond donors (Lipinski definition) is 0. The molecule has 0 amide bonds. The lowest BCUT2D eigenvalue weighted by Crippen LogP contribution is -2.26. The molecule has 0 atom stereocenters. The third-order valence-electron chi connectivity index (χ3n) is 3.39. The summed E-state index contributed by atoms with van der Waals surface area (Å²) in [6.45, 7) is 4.36. The van der Waals surface area contributed by atoms with Crippen LogP contribution in [-0.4, -0.2) is 0 Å². The third-order valence-corrected chi connectivity index (χ3v) is 3.39. The lowest BCUT2D eigenvalue weighted by Gasteiger charge is -2.07. The zero-order chi connectivity index (χ0) is 13.1. The van der Waals surface area contributed by atoms with Gasteiger partial charge >= 0.3 is 0 Å². The van der Waals surface area contributed by atoms with Gasteiger partial charge in [0, 0.05) is 24.3 Å². The smallest absolute Gasteiger partial charge is 0.169 e. The molecular formula is C16H20N2+2. The Morgan fingerprint density at radius 1 is 0.667 bits per heavy atom. The van der Waals surface area contributed by atoms with Gasteiger partial charge in [-0.1, -0.05) is 0 Å². The van der Waals surface area contributed by atoms with Crippen molar-refractivity contribution in [2.75, 3.05) is 0 Å². The van der Waals surface area contributed by atoms with Crippen LogP contribution in [0.1, 0.15) is 25.0 Å². The summed E-state index contributed by atoms with van der Waals surface area (Å²) in [5, 5.41) is 0. The Morgan fingerprint density at radius 2 is 0.944 bits per heavy atom. The van der Waals surface area contributed by atoms with Gasteiger partial charge in [-0.25, -0.2) is 9.13 Å². The Kier molecular flexibility index (Phi) is 3.56. The molecule has 0 N–H and O–H groups in total. The highest BCUT2D eigenvalue weighted by Crippen LogP contribution is 2.24. The summed E-state index contributed by atoms with van der Waals surface area (Å²) in [6, 6.07) is 8.62. The van der Waals surface area contributed by atoms with Gasteiger partial charge in [0.05, 0.1) is 0 Å². The summed E-state index contributed by atoms with van der Waals surface area (Å²) in [5.74, 6) is 0. The third kappa shape index (κ3) is 2.65. The average Bonchev–Trinajstić information content (AvgIpc) is 2.39. The van der Waals surface area contributed by atoms with E-state index >= 15 is 0 Å². The zero-order valence-electron chi connectivity index (χ0n) is 11.5. The normalized spacial score (nSPS) is 12.2. The van der Waals surface area contributed by atoms with Crippen molar-refractivity contribution in [1.82, 2.24) is 0 Å². The number of nitrogens with zero attached hydrogens (tertiary/aromatic N) is 2. The molecule has 0 saturated carbocycles. The number of pyridine rings is 2. The molecule has 2 aromatic heterocycles. The van der Waals surface area contributed by atoms with Crippen LogP contribution < -0.4 is 9.13 Å². The van der Waals surface area contributed by atoms with E-state index in [4.69, 9.17) is 0 Å². The second-order valence-electron chi connectivity index (χ2n) is 4.75. The van der Waals surface area contributed by atoms with E-state index in [0.29, 0.717) is 0 Å². The Balaban J connectivity index is 2.40. The summed E-state index contributed by atoms with van der Waals surface area (Å²) >= 11 is 0. The van der Waals surface area contributed by atoms with Crippen LogP contribution in [0.15, 0.2) is 49.1 Å². The Morgan fingerprint density at radius 3 is 1.22 bits per heavy atom. The Hall–Kier alpha value is -1.96. The van der Waals surface area contributed by atoms with E-state index in [1.165, 1.54) is 22.3 Å². The summed E-state index contributed by atoms with van der Waals surface area (Å²) in [4.78, 5) is 0. The van der Waals surface area contributed by atoms with Crippen LogP contribution in [0.3, 0.4) is 0 Å². The van der Waals surface area contributed by atoms with Crippen LogP contribution in [0.25, 0.3) is 11.1 Å². The fraction of sp³-hybridized carbons (Fsp3) is 0.250. The van der Waals surface area contributed by atoms with Gasteiger partial charge in [-0.15, -0.1) is 0 Å². The fourth-order valence-corrected chi connectivity index (χ4v) is 1.93. The predicted octanol–water partition coefficient (Wildman–Crippen LogP) is 2.29. The highest BCUT2D eigenvalue weighted by molar-refractivity contribution is 5.88. The maximum atomic E-state index is 2.18. The molecule has 0 spiro atoms. The van der Waals surface area contributed by atoms with Crippen molar-refractivity contribution in [1.29, 1.82) is 0 Å². The predicted molar refractivity (Wildman–Crippen MR) is 73.4 cm³/mol. The molecule has 0 aliphatic heterocycles. The van der Waals surface area contributed by atoms with Gasteiger partial charge in [-0.2, -0.15) is 0 Å². The molecule has 92 valence electrons. The highest BCUT2D eigenvalue weighted by Gasteiger charge is 2.05. The van der Waals surface area contributed by atoms with Crippen molar-refractivity contribution in [3.8, 4) is 0 Å². The fourth-order valence-electron chi connectivity index (χ4n) is 1.93. The minimum atomic E-state index is 1.28. The van der Waals surface area contributed by atoms with Crippen LogP contribution in [-0.2, 0) is 14.1 Å². The summed E-state index contributed by atoms with van der Waals surface area (Å²) in [7, 11) is 4.07. The van der Waals surface area contributed by atoms with E-state index in [9.17, 15) is 0 Å². The first-order valence-corrected chi connectivity index (χ1v) is 6.17. The largest absolute Gasteiger partial charge is 0.208 e. The topological polar surface area (TPSA) is 7.76 Å². The molecule has 0 fully saturated rings. The van der Waals surface area contributed by atoms with Crippen molar-refractivity contribution >= 4 is 11.1 Å². The molecule has 2 heteroatoms. The molecule has 0 aromatic carbocycles. The molecule has 2 aromatic rings. The Labute approximate surface area is 109 Å². The van der Waals surface area contributed by atoms with Crippen molar-refractivity contribution in [2.45, 2.75) is 13.8 Å². The molecule has 0 aliphatic rings. The number of aryl methyl sites for hydroxylation is 2. The Bertz CT molecular complexity index is 510. The molecular weight excluding hydrogens is 220 g/mol. The molecule has 0 saturated heterocycles. The van der Waals surface area contributed by atoms with Crippen LogP contribution >= 0.6 is 0 Å². The lowest BCUT2D eigenvalue weighted by molar-refractivity contribution is -0.671. The first kappa shape index (κ1) is 12.5. The van der Waals surface area contributed by atoms with Gasteiger partial charge in [-0.3, -0.25) is 0 Å². The lowest BCUT2D eigenvalue weighted by atomic mass is 9.98. The minimum Gasteiger partial charge on any atom is -0.208 e. The summed E-state index contributed by atoms with van der Waals surface area (Å²) in [6.07, 6.45) is 8.32. The highest BCUT2D eigenvalue weighted by atomic mass is 14.9. The van der Waals surface area contributed by atoms with Crippen LogP contribution in [0.5, 0.6) is 0 Å². The number of rotatable bonds is 2. The number of allylic oxidation sites excluding steroid dienone is 2. The van der Waals surface area contributed by atoms with E-state index in [-0.39, 0.29) is 0 Å². The van der Waals surface area contributed by atoms with Gasteiger partial charge in [0.15, 0.2) is 24.8 Å². The quantitative estimate of drug-likeness (QED) is 0.712. The monoisotopic (exact) mass is 240 g/mol. The molecule has 2 rings (SSSR count). The standard InChI is InChI=1S/C16H20N2/c1-13(15-5-9-17(3)10-6-15)14(2)16-7-11-18(4)12-8-16/h5-12H,1-4H3/q+2/b14-13+. The van der Waals surface area contributed by atoms with Gasteiger partial charge in [0.2, 0.25) is 0 Å².